The highest BCUT2D eigenvalue weighted by atomic mass is 35.5. The van der Waals surface area contributed by atoms with Gasteiger partial charge in [-0.1, -0.05) is 16.8 Å². The molecule has 0 unspecified atom stereocenters. The van der Waals surface area contributed by atoms with Crippen LogP contribution in [0, 0.1) is 0 Å². The molecule has 0 saturated heterocycles. The second kappa shape index (κ2) is 10.9. The number of hydrogen-bond acceptors (Lipinski definition) is 7. The summed E-state index contributed by atoms with van der Waals surface area (Å²) in [6, 6.07) is 11.9. The molecule has 0 aromatic heterocycles. The molecule has 0 fully saturated rings. The zero-order chi connectivity index (χ0) is 21.2. The highest BCUT2D eigenvalue weighted by Gasteiger charge is 2.19. The van der Waals surface area contributed by atoms with Gasteiger partial charge in [-0.3, -0.25) is 4.79 Å². The number of carbonyl (C=O) groups excluding carboxylic acids is 2. The van der Waals surface area contributed by atoms with Gasteiger partial charge in [-0.15, -0.1) is 0 Å². The summed E-state index contributed by atoms with van der Waals surface area (Å²) < 4.78 is 15.2. The van der Waals surface area contributed by atoms with E-state index in [2.05, 4.69) is 10.5 Å². The second-order valence-corrected chi connectivity index (χ2v) is 6.18. The fourth-order valence-corrected chi connectivity index (χ4v) is 2.35. The zero-order valence-electron chi connectivity index (χ0n) is 16.2. The van der Waals surface area contributed by atoms with Crippen molar-refractivity contribution < 1.29 is 28.6 Å². The Labute approximate surface area is 173 Å². The van der Waals surface area contributed by atoms with Crippen LogP contribution in [0.15, 0.2) is 47.6 Å². The summed E-state index contributed by atoms with van der Waals surface area (Å²) in [6.07, 6.45) is 0.384. The topological polar surface area (TPSA) is 95.5 Å². The van der Waals surface area contributed by atoms with E-state index in [1.807, 2.05) is 0 Å². The maximum atomic E-state index is 12.2. The summed E-state index contributed by atoms with van der Waals surface area (Å²) in [5, 5.41) is 6.72. The van der Waals surface area contributed by atoms with Crippen LogP contribution < -0.4 is 14.8 Å². The van der Waals surface area contributed by atoms with Crippen molar-refractivity contribution >= 4 is 35.4 Å². The van der Waals surface area contributed by atoms with Crippen molar-refractivity contribution in [3.05, 3.63) is 53.1 Å². The van der Waals surface area contributed by atoms with Gasteiger partial charge in [0.2, 0.25) is 6.61 Å². The highest BCUT2D eigenvalue weighted by Crippen LogP contribution is 2.27. The molecule has 0 aliphatic heterocycles. The summed E-state index contributed by atoms with van der Waals surface area (Å²) in [5.41, 5.74) is 1.13. The predicted octanol–water partition coefficient (Wildman–Crippen LogP) is 3.28. The molecule has 0 aliphatic rings. The van der Waals surface area contributed by atoms with Crippen molar-refractivity contribution in [2.45, 2.75) is 13.0 Å². The molecule has 8 nitrogen and oxygen atoms in total. The van der Waals surface area contributed by atoms with Crippen molar-refractivity contribution in [2.24, 2.45) is 5.16 Å². The molecule has 1 atom stereocenters. The van der Waals surface area contributed by atoms with Crippen molar-refractivity contribution in [3.8, 4) is 11.5 Å². The Morgan fingerprint density at radius 1 is 1.14 bits per heavy atom. The number of anilines is 1. The number of amides is 1. The van der Waals surface area contributed by atoms with Gasteiger partial charge < -0.3 is 24.4 Å². The Morgan fingerprint density at radius 2 is 1.86 bits per heavy atom. The Morgan fingerprint density at radius 3 is 2.52 bits per heavy atom. The Balaban J connectivity index is 1.79. The highest BCUT2D eigenvalue weighted by molar-refractivity contribution is 6.31. The first-order valence-electron chi connectivity index (χ1n) is 8.56. The molecule has 1 amide bonds. The van der Waals surface area contributed by atoms with Crippen LogP contribution in [0.4, 0.5) is 5.69 Å². The number of carbonyl (C=O) groups is 2. The number of hydrogen-bond donors (Lipinski definition) is 1. The monoisotopic (exact) mass is 420 g/mol. The minimum absolute atomic E-state index is 0.369. The van der Waals surface area contributed by atoms with Crippen LogP contribution in [0.2, 0.25) is 5.02 Å². The molecule has 0 heterocycles. The number of nitrogens with zero attached hydrogens (tertiary/aromatic N) is 1. The number of rotatable bonds is 9. The van der Waals surface area contributed by atoms with E-state index >= 15 is 0 Å². The molecule has 0 radical (unpaired) electrons. The maximum absolute atomic E-state index is 12.2. The van der Waals surface area contributed by atoms with Crippen LogP contribution in [-0.4, -0.2) is 45.0 Å². The van der Waals surface area contributed by atoms with E-state index in [4.69, 9.17) is 30.6 Å². The van der Waals surface area contributed by atoms with E-state index in [9.17, 15) is 9.59 Å². The second-order valence-electron chi connectivity index (χ2n) is 5.75. The molecule has 0 bridgehead atoms. The Kier molecular flexibility index (Phi) is 8.29. The SMILES string of the molecule is COc1ccc(/C=N\OCC(=O)O[C@H](C)C(=O)Nc2cc(Cl)ccc2OC)cc1. The average molecular weight is 421 g/mol. The van der Waals surface area contributed by atoms with Crippen molar-refractivity contribution in [1.82, 2.24) is 0 Å². The molecule has 0 saturated carbocycles. The summed E-state index contributed by atoms with van der Waals surface area (Å²) in [4.78, 5) is 28.9. The molecule has 0 aliphatic carbocycles. The van der Waals surface area contributed by atoms with E-state index in [1.165, 1.54) is 26.3 Å². The molecule has 2 aromatic rings. The minimum Gasteiger partial charge on any atom is -0.497 e. The fraction of sp³-hybridized carbons (Fsp3) is 0.250. The van der Waals surface area contributed by atoms with Crippen LogP contribution in [0.1, 0.15) is 12.5 Å². The van der Waals surface area contributed by atoms with E-state index in [0.29, 0.717) is 22.2 Å². The molecule has 154 valence electrons. The maximum Gasteiger partial charge on any atom is 0.347 e. The smallest absolute Gasteiger partial charge is 0.347 e. The van der Waals surface area contributed by atoms with Crippen molar-refractivity contribution in [1.29, 1.82) is 0 Å². The molecule has 2 aromatic carbocycles. The first-order valence-corrected chi connectivity index (χ1v) is 8.94. The minimum atomic E-state index is -1.06. The van der Waals surface area contributed by atoms with Gasteiger partial charge in [0, 0.05) is 5.02 Å². The number of halogens is 1. The number of benzene rings is 2. The third-order valence-corrected chi connectivity index (χ3v) is 3.91. The average Bonchev–Trinajstić information content (AvgIpc) is 2.71. The number of oxime groups is 1. The molecule has 1 N–H and O–H groups in total. The summed E-state index contributed by atoms with van der Waals surface area (Å²) in [6.45, 7) is 0.996. The molecule has 0 spiro atoms. The van der Waals surface area contributed by atoms with Gasteiger partial charge in [0.25, 0.3) is 5.91 Å². The van der Waals surface area contributed by atoms with E-state index in [1.54, 1.807) is 43.5 Å². The lowest BCUT2D eigenvalue weighted by atomic mass is 10.2. The van der Waals surface area contributed by atoms with Crippen molar-refractivity contribution in [2.75, 3.05) is 26.1 Å². The normalized spacial score (nSPS) is 11.6. The van der Waals surface area contributed by atoms with Gasteiger partial charge in [-0.2, -0.15) is 0 Å². The molecule has 29 heavy (non-hydrogen) atoms. The number of methoxy groups -OCH3 is 2. The van der Waals surface area contributed by atoms with E-state index in [-0.39, 0.29) is 0 Å². The van der Waals surface area contributed by atoms with Gasteiger partial charge in [0.1, 0.15) is 11.5 Å². The van der Waals surface area contributed by atoms with Gasteiger partial charge in [-0.05, 0) is 55.0 Å². The summed E-state index contributed by atoms with van der Waals surface area (Å²) in [7, 11) is 3.04. The molecular formula is C20H21ClN2O6. The van der Waals surface area contributed by atoms with Crippen molar-refractivity contribution in [3.63, 3.8) is 0 Å². The third-order valence-electron chi connectivity index (χ3n) is 3.67. The van der Waals surface area contributed by atoms with Crippen LogP contribution >= 0.6 is 11.6 Å². The molecule has 2 rings (SSSR count). The number of nitrogens with one attached hydrogen (secondary N) is 1. The number of ether oxygens (including phenoxy) is 3. The quantitative estimate of drug-likeness (QED) is 0.380. The van der Waals surface area contributed by atoms with E-state index < -0.39 is 24.6 Å². The van der Waals surface area contributed by atoms with Gasteiger partial charge in [0.05, 0.1) is 26.1 Å². The fourth-order valence-electron chi connectivity index (χ4n) is 2.18. The summed E-state index contributed by atoms with van der Waals surface area (Å²) in [5.74, 6) is -0.134. The third kappa shape index (κ3) is 7.00. The standard InChI is InChI=1S/C20H21ClN2O6/c1-13(20(25)23-17-10-15(21)6-9-18(17)27-3)29-19(24)12-28-22-11-14-4-7-16(26-2)8-5-14/h4-11,13H,12H2,1-3H3,(H,23,25)/b22-11-/t13-/m1/s1. The summed E-state index contributed by atoms with van der Waals surface area (Å²) >= 11 is 5.92. The first-order chi connectivity index (χ1) is 13.9. The molecular weight excluding hydrogens is 400 g/mol. The Bertz CT molecular complexity index is 870. The van der Waals surface area contributed by atoms with Gasteiger partial charge >= 0.3 is 5.97 Å². The lowest BCUT2D eigenvalue weighted by Crippen LogP contribution is -2.31. The lowest BCUT2D eigenvalue weighted by Gasteiger charge is -2.15. The first kappa shape index (κ1) is 22.0. The number of esters is 1. The van der Waals surface area contributed by atoms with Crippen LogP contribution in [0.5, 0.6) is 11.5 Å². The van der Waals surface area contributed by atoms with Crippen LogP contribution in [-0.2, 0) is 19.2 Å². The molecule has 9 heteroatoms. The predicted molar refractivity (Wildman–Crippen MR) is 109 cm³/mol. The largest absolute Gasteiger partial charge is 0.497 e. The Hall–Kier alpha value is -3.26. The lowest BCUT2D eigenvalue weighted by molar-refractivity contribution is -0.157. The zero-order valence-corrected chi connectivity index (χ0v) is 16.9. The van der Waals surface area contributed by atoms with Crippen LogP contribution in [0.25, 0.3) is 0 Å². The van der Waals surface area contributed by atoms with Gasteiger partial charge in [0.15, 0.2) is 6.10 Å². The van der Waals surface area contributed by atoms with E-state index in [0.717, 1.165) is 5.56 Å². The van der Waals surface area contributed by atoms with Gasteiger partial charge in [-0.25, -0.2) is 4.79 Å². The van der Waals surface area contributed by atoms with Crippen LogP contribution in [0.3, 0.4) is 0 Å².